The first-order valence-corrected chi connectivity index (χ1v) is 7.25. The van der Waals surface area contributed by atoms with E-state index in [1.807, 2.05) is 13.8 Å². The molecule has 18 heavy (non-hydrogen) atoms. The highest BCUT2D eigenvalue weighted by Crippen LogP contribution is 2.28. The van der Waals surface area contributed by atoms with Gasteiger partial charge in [-0.1, -0.05) is 44.7 Å². The van der Waals surface area contributed by atoms with Crippen molar-refractivity contribution in [1.82, 2.24) is 5.32 Å². The summed E-state index contributed by atoms with van der Waals surface area (Å²) in [6.07, 6.45) is 8.90. The first-order chi connectivity index (χ1) is 8.56. The zero-order valence-electron chi connectivity index (χ0n) is 11.9. The maximum atomic E-state index is 8.67. The van der Waals surface area contributed by atoms with E-state index in [-0.39, 0.29) is 5.41 Å². The molecule has 106 valence electrons. The minimum atomic E-state index is -0.194. The fourth-order valence-corrected chi connectivity index (χ4v) is 2.29. The minimum absolute atomic E-state index is 0.194. The summed E-state index contributed by atoms with van der Waals surface area (Å²) >= 11 is 0. The van der Waals surface area contributed by atoms with Crippen molar-refractivity contribution < 1.29 is 5.21 Å². The van der Waals surface area contributed by atoms with Gasteiger partial charge in [-0.3, -0.25) is 0 Å². The highest BCUT2D eigenvalue weighted by atomic mass is 16.4. The van der Waals surface area contributed by atoms with Gasteiger partial charge < -0.3 is 16.3 Å². The molecular formula is C14H29N3O. The fraction of sp³-hybridized carbons (Fsp3) is 0.929. The van der Waals surface area contributed by atoms with Gasteiger partial charge in [-0.25, -0.2) is 0 Å². The van der Waals surface area contributed by atoms with Crippen LogP contribution in [-0.4, -0.2) is 24.1 Å². The lowest BCUT2D eigenvalue weighted by Crippen LogP contribution is -2.32. The molecule has 1 aliphatic rings. The molecule has 0 saturated heterocycles. The van der Waals surface area contributed by atoms with Crippen LogP contribution in [0.25, 0.3) is 0 Å². The van der Waals surface area contributed by atoms with Crippen molar-refractivity contribution in [3.8, 4) is 0 Å². The SMILES string of the molecule is CC(C)(CCCCNCCC1CCC1)C(N)=NO. The molecule has 0 aromatic carbocycles. The first kappa shape index (κ1) is 15.3. The molecule has 0 amide bonds. The van der Waals surface area contributed by atoms with E-state index < -0.39 is 0 Å². The second kappa shape index (κ2) is 7.62. The van der Waals surface area contributed by atoms with Crippen molar-refractivity contribution in [3.63, 3.8) is 0 Å². The van der Waals surface area contributed by atoms with Crippen LogP contribution in [0.3, 0.4) is 0 Å². The molecule has 0 aromatic rings. The van der Waals surface area contributed by atoms with Gasteiger partial charge in [0.15, 0.2) is 0 Å². The predicted octanol–water partition coefficient (Wildman–Crippen LogP) is 2.71. The lowest BCUT2D eigenvalue weighted by Gasteiger charge is -2.25. The minimum Gasteiger partial charge on any atom is -0.409 e. The standard InChI is InChI=1S/C14H29N3O/c1-14(2,13(15)17-18)9-3-4-10-16-11-8-12-6-5-7-12/h12,16,18H,3-11H2,1-2H3,(H2,15,17). The third kappa shape index (κ3) is 5.25. The Morgan fingerprint density at radius 3 is 2.61 bits per heavy atom. The zero-order chi connectivity index (χ0) is 13.4. The van der Waals surface area contributed by atoms with E-state index in [4.69, 9.17) is 10.9 Å². The van der Waals surface area contributed by atoms with Gasteiger partial charge >= 0.3 is 0 Å². The second-order valence-corrected chi connectivity index (χ2v) is 6.16. The average molecular weight is 255 g/mol. The van der Waals surface area contributed by atoms with E-state index in [0.717, 1.165) is 38.3 Å². The average Bonchev–Trinajstić information content (AvgIpc) is 2.29. The predicted molar refractivity (Wildman–Crippen MR) is 75.9 cm³/mol. The van der Waals surface area contributed by atoms with Crippen LogP contribution in [0.15, 0.2) is 5.16 Å². The molecule has 0 heterocycles. The molecule has 1 aliphatic carbocycles. The van der Waals surface area contributed by atoms with Gasteiger partial charge in [0.2, 0.25) is 0 Å². The van der Waals surface area contributed by atoms with Gasteiger partial charge in [0, 0.05) is 5.41 Å². The van der Waals surface area contributed by atoms with Gasteiger partial charge in [0.1, 0.15) is 5.84 Å². The van der Waals surface area contributed by atoms with E-state index in [1.54, 1.807) is 0 Å². The lowest BCUT2D eigenvalue weighted by molar-refractivity contribution is 0.291. The van der Waals surface area contributed by atoms with E-state index in [2.05, 4.69) is 10.5 Å². The molecule has 0 aliphatic heterocycles. The molecule has 1 rings (SSSR count). The van der Waals surface area contributed by atoms with Crippen LogP contribution in [0.4, 0.5) is 0 Å². The Morgan fingerprint density at radius 2 is 2.06 bits per heavy atom. The topological polar surface area (TPSA) is 70.6 Å². The molecule has 0 spiro atoms. The summed E-state index contributed by atoms with van der Waals surface area (Å²) in [7, 11) is 0. The molecule has 1 saturated carbocycles. The maximum absolute atomic E-state index is 8.67. The highest BCUT2D eigenvalue weighted by Gasteiger charge is 2.22. The monoisotopic (exact) mass is 255 g/mol. The van der Waals surface area contributed by atoms with Crippen molar-refractivity contribution >= 4 is 5.84 Å². The van der Waals surface area contributed by atoms with Crippen LogP contribution in [0.2, 0.25) is 0 Å². The third-order valence-electron chi connectivity index (χ3n) is 4.16. The summed E-state index contributed by atoms with van der Waals surface area (Å²) in [5.74, 6) is 1.33. The third-order valence-corrected chi connectivity index (χ3v) is 4.16. The molecule has 0 unspecified atom stereocenters. The number of amidine groups is 1. The molecule has 1 fully saturated rings. The van der Waals surface area contributed by atoms with Gasteiger partial charge in [-0.15, -0.1) is 0 Å². The summed E-state index contributed by atoms with van der Waals surface area (Å²) in [5, 5.41) is 15.3. The van der Waals surface area contributed by atoms with Crippen LogP contribution in [-0.2, 0) is 0 Å². The zero-order valence-corrected chi connectivity index (χ0v) is 11.9. The normalized spacial score (nSPS) is 17.8. The molecule has 0 bridgehead atoms. The molecule has 0 atom stereocenters. The number of nitrogens with two attached hydrogens (primary N) is 1. The van der Waals surface area contributed by atoms with Crippen LogP contribution >= 0.6 is 0 Å². The number of unbranched alkanes of at least 4 members (excludes halogenated alkanes) is 1. The largest absolute Gasteiger partial charge is 0.409 e. The van der Waals surface area contributed by atoms with Crippen LogP contribution < -0.4 is 11.1 Å². The number of nitrogens with one attached hydrogen (secondary N) is 1. The lowest BCUT2D eigenvalue weighted by atomic mass is 9.83. The van der Waals surface area contributed by atoms with Crippen LogP contribution in [0.5, 0.6) is 0 Å². The Bertz CT molecular complexity index is 260. The van der Waals surface area contributed by atoms with Crippen molar-refractivity contribution in [2.75, 3.05) is 13.1 Å². The second-order valence-electron chi connectivity index (χ2n) is 6.16. The summed E-state index contributed by atoms with van der Waals surface area (Å²) in [6, 6.07) is 0. The van der Waals surface area contributed by atoms with Gasteiger partial charge in [-0.05, 0) is 38.3 Å². The highest BCUT2D eigenvalue weighted by molar-refractivity contribution is 5.85. The van der Waals surface area contributed by atoms with Gasteiger partial charge in [0.05, 0.1) is 0 Å². The van der Waals surface area contributed by atoms with E-state index in [0.29, 0.717) is 5.84 Å². The summed E-state index contributed by atoms with van der Waals surface area (Å²) in [4.78, 5) is 0. The summed E-state index contributed by atoms with van der Waals surface area (Å²) in [6.45, 7) is 6.28. The van der Waals surface area contributed by atoms with E-state index in [1.165, 1.54) is 25.7 Å². The van der Waals surface area contributed by atoms with Crippen molar-refractivity contribution in [3.05, 3.63) is 0 Å². The Hall–Kier alpha value is -0.770. The first-order valence-electron chi connectivity index (χ1n) is 7.25. The number of hydrogen-bond acceptors (Lipinski definition) is 3. The number of oxime groups is 1. The summed E-state index contributed by atoms with van der Waals surface area (Å²) in [5.41, 5.74) is 5.46. The Balaban J connectivity index is 1.94. The number of nitrogens with zero attached hydrogens (tertiary/aromatic N) is 1. The molecule has 0 radical (unpaired) electrons. The molecule has 4 heteroatoms. The molecule has 4 N–H and O–H groups in total. The Morgan fingerprint density at radius 1 is 1.33 bits per heavy atom. The van der Waals surface area contributed by atoms with Crippen LogP contribution in [0, 0.1) is 11.3 Å². The van der Waals surface area contributed by atoms with Crippen molar-refractivity contribution in [2.24, 2.45) is 22.2 Å². The Labute approximate surface area is 111 Å². The van der Waals surface area contributed by atoms with E-state index in [9.17, 15) is 0 Å². The van der Waals surface area contributed by atoms with Gasteiger partial charge in [0.25, 0.3) is 0 Å². The number of rotatable bonds is 9. The molecule has 0 aromatic heterocycles. The fourth-order valence-electron chi connectivity index (χ4n) is 2.29. The number of hydrogen-bond donors (Lipinski definition) is 3. The van der Waals surface area contributed by atoms with Gasteiger partial charge in [-0.2, -0.15) is 0 Å². The van der Waals surface area contributed by atoms with Crippen LogP contribution in [0.1, 0.15) is 58.8 Å². The summed E-state index contributed by atoms with van der Waals surface area (Å²) < 4.78 is 0. The smallest absolute Gasteiger partial charge is 0.144 e. The molecule has 4 nitrogen and oxygen atoms in total. The van der Waals surface area contributed by atoms with E-state index >= 15 is 0 Å². The maximum Gasteiger partial charge on any atom is 0.144 e. The quantitative estimate of drug-likeness (QED) is 0.195. The Kier molecular flexibility index (Phi) is 6.47. The van der Waals surface area contributed by atoms with Crippen molar-refractivity contribution in [1.29, 1.82) is 0 Å². The molecular weight excluding hydrogens is 226 g/mol. The van der Waals surface area contributed by atoms with Crippen molar-refractivity contribution in [2.45, 2.75) is 58.8 Å².